The lowest BCUT2D eigenvalue weighted by Gasteiger charge is -2.07. The lowest BCUT2D eigenvalue weighted by Crippen LogP contribution is -2.25. The van der Waals surface area contributed by atoms with Crippen LogP contribution in [0.3, 0.4) is 0 Å². The molecule has 23 heavy (non-hydrogen) atoms. The van der Waals surface area contributed by atoms with E-state index in [0.29, 0.717) is 19.4 Å². The summed E-state index contributed by atoms with van der Waals surface area (Å²) in [5, 5.41) is 2.95. The van der Waals surface area contributed by atoms with E-state index < -0.39 is 0 Å². The molecule has 0 saturated carbocycles. The molecule has 0 heterocycles. The highest BCUT2D eigenvalue weighted by atomic mass is 35.5. The third kappa shape index (κ3) is 6.97. The molecule has 0 aromatic heterocycles. The summed E-state index contributed by atoms with van der Waals surface area (Å²) in [5.41, 5.74) is 8.92. The number of carbonyl (C=O) groups excluding carboxylic acids is 1. The first-order valence-electron chi connectivity index (χ1n) is 7.44. The molecule has 0 fully saturated rings. The summed E-state index contributed by atoms with van der Waals surface area (Å²) < 4.78 is 0. The molecule has 3 N–H and O–H groups in total. The van der Waals surface area contributed by atoms with Gasteiger partial charge >= 0.3 is 0 Å². The average molecular weight is 351 g/mol. The predicted molar refractivity (Wildman–Crippen MR) is 101 cm³/mol. The molecule has 0 saturated heterocycles. The van der Waals surface area contributed by atoms with Gasteiger partial charge in [-0.15, -0.1) is 24.2 Å². The van der Waals surface area contributed by atoms with Crippen LogP contribution in [0.4, 0.5) is 5.69 Å². The number of nitrogen functional groups attached to an aromatic ring is 1. The minimum Gasteiger partial charge on any atom is -0.399 e. The number of amides is 1. The van der Waals surface area contributed by atoms with Crippen molar-refractivity contribution in [3.63, 3.8) is 0 Å². The van der Waals surface area contributed by atoms with Gasteiger partial charge in [0.05, 0.1) is 0 Å². The number of carbonyl (C=O) groups is 1. The molecule has 0 unspecified atom stereocenters. The molecule has 2 aromatic carbocycles. The van der Waals surface area contributed by atoms with Crippen LogP contribution in [-0.2, 0) is 11.2 Å². The van der Waals surface area contributed by atoms with Gasteiger partial charge in [0.15, 0.2) is 0 Å². The zero-order chi connectivity index (χ0) is 15.8. The number of hydrogen-bond acceptors (Lipinski definition) is 3. The molecule has 0 bridgehead atoms. The van der Waals surface area contributed by atoms with Gasteiger partial charge in [-0.1, -0.05) is 35.9 Å². The van der Waals surface area contributed by atoms with Gasteiger partial charge in [0.25, 0.3) is 0 Å². The van der Waals surface area contributed by atoms with Crippen LogP contribution in [0.2, 0.25) is 0 Å². The second-order valence-corrected chi connectivity index (χ2v) is 6.38. The molecule has 0 aliphatic carbocycles. The molecule has 3 nitrogen and oxygen atoms in total. The smallest absolute Gasteiger partial charge is 0.220 e. The highest BCUT2D eigenvalue weighted by Gasteiger charge is 2.04. The highest BCUT2D eigenvalue weighted by Crippen LogP contribution is 2.17. The second kappa shape index (κ2) is 10.2. The topological polar surface area (TPSA) is 55.1 Å². The van der Waals surface area contributed by atoms with Crippen LogP contribution >= 0.6 is 24.2 Å². The maximum Gasteiger partial charge on any atom is 0.220 e. The number of hydrogen-bond donors (Lipinski definition) is 2. The minimum absolute atomic E-state index is 0. The van der Waals surface area contributed by atoms with Crippen molar-refractivity contribution in [2.45, 2.75) is 24.7 Å². The van der Waals surface area contributed by atoms with E-state index in [0.717, 1.165) is 17.0 Å². The van der Waals surface area contributed by atoms with Gasteiger partial charge in [0, 0.05) is 29.3 Å². The lowest BCUT2D eigenvalue weighted by molar-refractivity contribution is -0.120. The molecule has 2 rings (SSSR count). The van der Waals surface area contributed by atoms with E-state index in [9.17, 15) is 4.79 Å². The van der Waals surface area contributed by atoms with Crippen molar-refractivity contribution in [2.75, 3.05) is 18.0 Å². The van der Waals surface area contributed by atoms with E-state index in [2.05, 4.69) is 36.5 Å². The van der Waals surface area contributed by atoms with Crippen LogP contribution < -0.4 is 11.1 Å². The Morgan fingerprint density at radius 3 is 2.52 bits per heavy atom. The number of halogens is 1. The van der Waals surface area contributed by atoms with E-state index in [1.165, 1.54) is 10.5 Å². The first-order chi connectivity index (χ1) is 10.6. The molecule has 0 radical (unpaired) electrons. The van der Waals surface area contributed by atoms with Gasteiger partial charge in [-0.25, -0.2) is 0 Å². The fourth-order valence-corrected chi connectivity index (χ4v) is 2.86. The highest BCUT2D eigenvalue weighted by molar-refractivity contribution is 7.99. The Hall–Kier alpha value is -1.65. The predicted octanol–water partition coefficient (Wildman–Crippen LogP) is 3.84. The van der Waals surface area contributed by atoms with Gasteiger partial charge in [0.2, 0.25) is 5.91 Å². The zero-order valence-corrected chi connectivity index (χ0v) is 14.9. The SMILES string of the molecule is Cc1ccc(SCCNC(=O)CCc2ccccc2N)cc1.Cl. The van der Waals surface area contributed by atoms with Crippen molar-refractivity contribution in [3.05, 3.63) is 59.7 Å². The monoisotopic (exact) mass is 350 g/mol. The molecule has 1 amide bonds. The number of aryl methyl sites for hydroxylation is 2. The summed E-state index contributed by atoms with van der Waals surface area (Å²) in [7, 11) is 0. The second-order valence-electron chi connectivity index (χ2n) is 5.21. The Bertz CT molecular complexity index is 617. The quantitative estimate of drug-likeness (QED) is 0.453. The van der Waals surface area contributed by atoms with Crippen molar-refractivity contribution in [2.24, 2.45) is 0 Å². The maximum atomic E-state index is 11.8. The Kier molecular flexibility index (Phi) is 8.59. The number of nitrogens with two attached hydrogens (primary N) is 1. The first-order valence-corrected chi connectivity index (χ1v) is 8.43. The molecule has 0 aliphatic heterocycles. The third-order valence-electron chi connectivity index (χ3n) is 3.39. The summed E-state index contributed by atoms with van der Waals surface area (Å²) in [6.45, 7) is 2.76. The summed E-state index contributed by atoms with van der Waals surface area (Å²) in [6.07, 6.45) is 1.16. The van der Waals surface area contributed by atoms with Crippen LogP contribution in [0.5, 0.6) is 0 Å². The molecule has 2 aromatic rings. The van der Waals surface area contributed by atoms with Crippen LogP contribution in [0.1, 0.15) is 17.5 Å². The maximum absolute atomic E-state index is 11.8. The third-order valence-corrected chi connectivity index (χ3v) is 4.40. The van der Waals surface area contributed by atoms with Gasteiger partial charge in [-0.2, -0.15) is 0 Å². The average Bonchev–Trinajstić information content (AvgIpc) is 2.52. The van der Waals surface area contributed by atoms with Crippen LogP contribution in [0.15, 0.2) is 53.4 Å². The standard InChI is InChI=1S/C18H22N2OS.ClH/c1-14-6-9-16(10-7-14)22-13-12-20-18(21)11-8-15-4-2-3-5-17(15)19;/h2-7,9-10H,8,11-13,19H2,1H3,(H,20,21);1H. The van der Waals surface area contributed by atoms with Crippen molar-refractivity contribution >= 4 is 35.8 Å². The van der Waals surface area contributed by atoms with Crippen LogP contribution in [0, 0.1) is 6.92 Å². The summed E-state index contributed by atoms with van der Waals surface area (Å²) in [5.74, 6) is 0.954. The van der Waals surface area contributed by atoms with Crippen molar-refractivity contribution in [1.82, 2.24) is 5.32 Å². The minimum atomic E-state index is 0. The van der Waals surface area contributed by atoms with E-state index in [-0.39, 0.29) is 18.3 Å². The molecule has 124 valence electrons. The number of benzene rings is 2. The zero-order valence-electron chi connectivity index (χ0n) is 13.2. The summed E-state index contributed by atoms with van der Waals surface area (Å²) >= 11 is 1.75. The summed E-state index contributed by atoms with van der Waals surface area (Å²) in [6, 6.07) is 16.1. The number of rotatable bonds is 7. The van der Waals surface area contributed by atoms with Crippen molar-refractivity contribution in [3.8, 4) is 0 Å². The van der Waals surface area contributed by atoms with Crippen molar-refractivity contribution < 1.29 is 4.79 Å². The Morgan fingerprint density at radius 2 is 1.83 bits per heavy atom. The Labute approximate surface area is 148 Å². The Balaban J connectivity index is 0.00000264. The van der Waals surface area contributed by atoms with Crippen molar-refractivity contribution in [1.29, 1.82) is 0 Å². The van der Waals surface area contributed by atoms with E-state index >= 15 is 0 Å². The Morgan fingerprint density at radius 1 is 1.13 bits per heavy atom. The number of nitrogens with one attached hydrogen (secondary N) is 1. The van der Waals surface area contributed by atoms with E-state index in [1.807, 2.05) is 24.3 Å². The van der Waals surface area contributed by atoms with Crippen LogP contribution in [-0.4, -0.2) is 18.2 Å². The fraction of sp³-hybridized carbons (Fsp3) is 0.278. The molecular formula is C18H23ClN2OS. The normalized spacial score (nSPS) is 9.96. The number of thioether (sulfide) groups is 1. The van der Waals surface area contributed by atoms with Gasteiger partial charge in [-0.3, -0.25) is 4.79 Å². The molecule has 5 heteroatoms. The molecule has 0 aliphatic rings. The van der Waals surface area contributed by atoms with Gasteiger partial charge in [0.1, 0.15) is 0 Å². The fourth-order valence-electron chi connectivity index (χ4n) is 2.09. The molecule has 0 atom stereocenters. The molecular weight excluding hydrogens is 328 g/mol. The van der Waals surface area contributed by atoms with E-state index in [4.69, 9.17) is 5.73 Å². The molecule has 0 spiro atoms. The lowest BCUT2D eigenvalue weighted by atomic mass is 10.1. The van der Waals surface area contributed by atoms with Gasteiger partial charge in [-0.05, 0) is 37.1 Å². The van der Waals surface area contributed by atoms with Crippen LogP contribution in [0.25, 0.3) is 0 Å². The number of anilines is 1. The number of para-hydroxylation sites is 1. The van der Waals surface area contributed by atoms with Gasteiger partial charge < -0.3 is 11.1 Å². The largest absolute Gasteiger partial charge is 0.399 e. The summed E-state index contributed by atoms with van der Waals surface area (Å²) in [4.78, 5) is 13.1. The van der Waals surface area contributed by atoms with E-state index in [1.54, 1.807) is 11.8 Å². The first kappa shape index (κ1) is 19.4.